The number of ether oxygens (including phenoxy) is 4. The molecule has 1 N–H and O–H groups in total. The second kappa shape index (κ2) is 11.8. The average Bonchev–Trinajstić information content (AvgIpc) is 2.76. The van der Waals surface area contributed by atoms with E-state index in [9.17, 15) is 9.59 Å². The molecule has 2 aliphatic rings. The van der Waals surface area contributed by atoms with Crippen molar-refractivity contribution < 1.29 is 28.5 Å². The number of piperidine rings is 1. The molecule has 0 spiro atoms. The predicted octanol–water partition coefficient (Wildman–Crippen LogP) is 4.39. The SMILES string of the molecule is Cc1c(OC2CCN(C(=O)OC(C)C)CC2)ncnc1O[C@H]1CC[C@H](NC(=O)OC(C)(C)C)CC1. The summed E-state index contributed by atoms with van der Waals surface area (Å²) in [5.74, 6) is 1.04. The van der Waals surface area contributed by atoms with Crippen LogP contribution in [-0.4, -0.2) is 70.1 Å². The van der Waals surface area contributed by atoms with Gasteiger partial charge in [-0.25, -0.2) is 19.6 Å². The molecule has 2 heterocycles. The van der Waals surface area contributed by atoms with Gasteiger partial charge in [-0.05, 0) is 67.2 Å². The van der Waals surface area contributed by atoms with Crippen LogP contribution >= 0.6 is 0 Å². The molecule has 1 aromatic rings. The highest BCUT2D eigenvalue weighted by Gasteiger charge is 2.28. The maximum atomic E-state index is 12.1. The Hall–Kier alpha value is -2.78. The Morgan fingerprint density at radius 3 is 2.03 bits per heavy atom. The van der Waals surface area contributed by atoms with Crippen molar-refractivity contribution in [1.82, 2.24) is 20.2 Å². The van der Waals surface area contributed by atoms with Crippen molar-refractivity contribution >= 4 is 12.2 Å². The van der Waals surface area contributed by atoms with Gasteiger partial charge in [0, 0.05) is 32.0 Å². The molecule has 0 bridgehead atoms. The number of amides is 2. The zero-order chi connectivity index (χ0) is 25.6. The number of hydrogen-bond donors (Lipinski definition) is 1. The fraction of sp³-hybridized carbons (Fsp3) is 0.760. The second-order valence-corrected chi connectivity index (χ2v) is 10.6. The second-order valence-electron chi connectivity index (χ2n) is 10.6. The first kappa shape index (κ1) is 26.8. The zero-order valence-electron chi connectivity index (χ0n) is 21.8. The van der Waals surface area contributed by atoms with Gasteiger partial charge in [-0.2, -0.15) is 0 Å². The Balaban J connectivity index is 1.46. The van der Waals surface area contributed by atoms with Crippen LogP contribution in [0, 0.1) is 6.92 Å². The minimum Gasteiger partial charge on any atom is -0.474 e. The minimum atomic E-state index is -0.509. The lowest BCUT2D eigenvalue weighted by Gasteiger charge is -2.32. The molecule has 1 aromatic heterocycles. The molecular weight excluding hydrogens is 452 g/mol. The van der Waals surface area contributed by atoms with Crippen LogP contribution in [0.15, 0.2) is 6.33 Å². The molecule has 0 atom stereocenters. The summed E-state index contributed by atoms with van der Waals surface area (Å²) in [5.41, 5.74) is 0.258. The van der Waals surface area contributed by atoms with Gasteiger partial charge in [0.1, 0.15) is 24.1 Å². The Morgan fingerprint density at radius 1 is 0.971 bits per heavy atom. The Morgan fingerprint density at radius 2 is 1.51 bits per heavy atom. The van der Waals surface area contributed by atoms with Crippen LogP contribution in [0.4, 0.5) is 9.59 Å². The third-order valence-electron chi connectivity index (χ3n) is 5.98. The van der Waals surface area contributed by atoms with Crippen LogP contribution < -0.4 is 14.8 Å². The third kappa shape index (κ3) is 8.43. The monoisotopic (exact) mass is 492 g/mol. The fourth-order valence-electron chi connectivity index (χ4n) is 4.20. The molecule has 2 fully saturated rings. The van der Waals surface area contributed by atoms with Gasteiger partial charge in [-0.1, -0.05) is 0 Å². The smallest absolute Gasteiger partial charge is 0.410 e. The summed E-state index contributed by atoms with van der Waals surface area (Å²) in [6, 6.07) is 0.0822. The van der Waals surface area contributed by atoms with Crippen LogP contribution in [0.5, 0.6) is 11.8 Å². The molecule has 10 heteroatoms. The van der Waals surface area contributed by atoms with Gasteiger partial charge in [-0.3, -0.25) is 0 Å². The number of hydrogen-bond acceptors (Lipinski definition) is 8. The number of carbonyl (C=O) groups excluding carboxylic acids is 2. The maximum Gasteiger partial charge on any atom is 0.410 e. The highest BCUT2D eigenvalue weighted by Crippen LogP contribution is 2.29. The lowest BCUT2D eigenvalue weighted by Crippen LogP contribution is -2.42. The summed E-state index contributed by atoms with van der Waals surface area (Å²) in [5, 5.41) is 2.95. The molecular formula is C25H40N4O6. The molecule has 3 rings (SSSR count). The molecule has 10 nitrogen and oxygen atoms in total. The largest absolute Gasteiger partial charge is 0.474 e. The molecule has 35 heavy (non-hydrogen) atoms. The highest BCUT2D eigenvalue weighted by atomic mass is 16.6. The van der Waals surface area contributed by atoms with E-state index in [2.05, 4.69) is 15.3 Å². The summed E-state index contributed by atoms with van der Waals surface area (Å²) in [6.45, 7) is 12.3. The van der Waals surface area contributed by atoms with E-state index in [1.807, 2.05) is 41.5 Å². The van der Waals surface area contributed by atoms with E-state index in [0.29, 0.717) is 37.7 Å². The van der Waals surface area contributed by atoms with E-state index in [1.54, 1.807) is 4.90 Å². The molecule has 1 saturated carbocycles. The first-order chi connectivity index (χ1) is 16.5. The zero-order valence-corrected chi connectivity index (χ0v) is 21.8. The number of rotatable bonds is 6. The van der Waals surface area contributed by atoms with Crippen LogP contribution in [0.2, 0.25) is 0 Å². The van der Waals surface area contributed by atoms with Crippen molar-refractivity contribution in [2.24, 2.45) is 0 Å². The predicted molar refractivity (Wildman–Crippen MR) is 130 cm³/mol. The van der Waals surface area contributed by atoms with Gasteiger partial charge >= 0.3 is 12.2 Å². The average molecular weight is 493 g/mol. The topological polar surface area (TPSA) is 112 Å². The number of aromatic nitrogens is 2. The van der Waals surface area contributed by atoms with Crippen molar-refractivity contribution in [1.29, 1.82) is 0 Å². The minimum absolute atomic E-state index is 0.0170. The number of nitrogens with zero attached hydrogens (tertiary/aromatic N) is 3. The van der Waals surface area contributed by atoms with Gasteiger partial charge in [0.2, 0.25) is 11.8 Å². The fourth-order valence-corrected chi connectivity index (χ4v) is 4.20. The molecule has 0 aromatic carbocycles. The normalized spacial score (nSPS) is 21.4. The summed E-state index contributed by atoms with van der Waals surface area (Å²) in [7, 11) is 0. The summed E-state index contributed by atoms with van der Waals surface area (Å²) < 4.78 is 23.0. The van der Waals surface area contributed by atoms with Crippen LogP contribution in [-0.2, 0) is 9.47 Å². The number of alkyl carbamates (subject to hydrolysis) is 1. The lowest BCUT2D eigenvalue weighted by atomic mass is 9.93. The molecule has 1 saturated heterocycles. The quantitative estimate of drug-likeness (QED) is 0.622. The Kier molecular flexibility index (Phi) is 9.02. The van der Waals surface area contributed by atoms with E-state index in [1.165, 1.54) is 6.33 Å². The summed E-state index contributed by atoms with van der Waals surface area (Å²) >= 11 is 0. The standard InChI is InChI=1S/C25H40N4O6/c1-16(2)32-24(31)29-13-11-20(12-14-29)34-22-17(3)21(26-15-27-22)33-19-9-7-18(8-10-19)28-23(30)35-25(4,5)6/h15-16,18-20H,7-14H2,1-6H3,(H,28,30)/t18-,19-. The molecule has 196 valence electrons. The molecule has 1 aliphatic heterocycles. The van der Waals surface area contributed by atoms with Crippen molar-refractivity contribution in [2.45, 2.75) is 110 Å². The van der Waals surface area contributed by atoms with E-state index in [0.717, 1.165) is 31.2 Å². The Bertz CT molecular complexity index is 856. The molecule has 0 radical (unpaired) electrons. The highest BCUT2D eigenvalue weighted by molar-refractivity contribution is 5.68. The van der Waals surface area contributed by atoms with Crippen LogP contribution in [0.1, 0.15) is 78.7 Å². The number of nitrogens with one attached hydrogen (secondary N) is 1. The van der Waals surface area contributed by atoms with Crippen molar-refractivity contribution in [3.63, 3.8) is 0 Å². The van der Waals surface area contributed by atoms with Gasteiger partial charge < -0.3 is 29.2 Å². The Labute approximate surface area is 208 Å². The first-order valence-corrected chi connectivity index (χ1v) is 12.6. The van der Waals surface area contributed by atoms with E-state index >= 15 is 0 Å². The third-order valence-corrected chi connectivity index (χ3v) is 5.98. The maximum absolute atomic E-state index is 12.1. The summed E-state index contributed by atoms with van der Waals surface area (Å²) in [6.07, 6.45) is 5.33. The molecule has 0 unspecified atom stereocenters. The van der Waals surface area contributed by atoms with Gasteiger partial charge in [-0.15, -0.1) is 0 Å². The van der Waals surface area contributed by atoms with Crippen LogP contribution in [0.3, 0.4) is 0 Å². The molecule has 1 aliphatic carbocycles. The van der Waals surface area contributed by atoms with Crippen molar-refractivity contribution in [3.8, 4) is 11.8 Å². The van der Waals surface area contributed by atoms with E-state index in [-0.39, 0.29) is 36.5 Å². The number of likely N-dealkylation sites (tertiary alicyclic amines) is 1. The lowest BCUT2D eigenvalue weighted by molar-refractivity contribution is 0.0461. The number of carbonyl (C=O) groups is 2. The first-order valence-electron chi connectivity index (χ1n) is 12.6. The van der Waals surface area contributed by atoms with Gasteiger partial charge in [0.05, 0.1) is 11.7 Å². The van der Waals surface area contributed by atoms with Crippen molar-refractivity contribution in [3.05, 3.63) is 11.9 Å². The summed E-state index contributed by atoms with van der Waals surface area (Å²) in [4.78, 5) is 34.5. The van der Waals surface area contributed by atoms with Gasteiger partial charge in [0.15, 0.2) is 0 Å². The van der Waals surface area contributed by atoms with Crippen molar-refractivity contribution in [2.75, 3.05) is 13.1 Å². The van der Waals surface area contributed by atoms with E-state index in [4.69, 9.17) is 18.9 Å². The van der Waals surface area contributed by atoms with E-state index < -0.39 is 5.60 Å². The molecule has 2 amide bonds. The van der Waals surface area contributed by atoms with Crippen LogP contribution in [0.25, 0.3) is 0 Å². The van der Waals surface area contributed by atoms with Gasteiger partial charge in [0.25, 0.3) is 0 Å².